The van der Waals surface area contributed by atoms with Gasteiger partial charge >= 0.3 is 6.03 Å². The Labute approximate surface area is 170 Å². The molecule has 0 saturated carbocycles. The molecule has 1 fully saturated rings. The average Bonchev–Trinajstić information content (AvgIpc) is 3.33. The lowest BCUT2D eigenvalue weighted by atomic mass is 9.85. The first-order valence-corrected chi connectivity index (χ1v) is 10.2. The topological polar surface area (TPSA) is 68.6 Å². The van der Waals surface area contributed by atoms with Gasteiger partial charge in [-0.15, -0.1) is 0 Å². The number of ether oxygens (including phenoxy) is 1. The van der Waals surface area contributed by atoms with Gasteiger partial charge in [0.1, 0.15) is 11.4 Å². The Balaban J connectivity index is 1.31. The molecule has 0 radical (unpaired) electrons. The number of aromatic nitrogens is 2. The van der Waals surface area contributed by atoms with E-state index in [1.165, 1.54) is 18.2 Å². The number of nitrogens with zero attached hydrogens (tertiary/aromatic N) is 3. The third kappa shape index (κ3) is 3.09. The number of amides is 2. The van der Waals surface area contributed by atoms with Gasteiger partial charge in [-0.25, -0.2) is 10.3 Å². The number of piperidine rings is 1. The number of carbonyl (C=O) groups is 1. The largest absolute Gasteiger partial charge is 0.487 e. The van der Waals surface area contributed by atoms with Crippen LogP contribution < -0.4 is 10.2 Å². The van der Waals surface area contributed by atoms with Gasteiger partial charge in [0.05, 0.1) is 18.8 Å². The van der Waals surface area contributed by atoms with Crippen LogP contribution in [0.15, 0.2) is 36.5 Å². The highest BCUT2D eigenvalue weighted by atomic mass is 16.6. The monoisotopic (exact) mass is 394 g/mol. The van der Waals surface area contributed by atoms with Gasteiger partial charge in [0, 0.05) is 44.5 Å². The summed E-state index contributed by atoms with van der Waals surface area (Å²) in [5.41, 5.74) is 5.92. The lowest BCUT2D eigenvalue weighted by Gasteiger charge is -2.38. The molecule has 1 saturated heterocycles. The van der Waals surface area contributed by atoms with Crippen molar-refractivity contribution in [3.05, 3.63) is 53.4 Å². The van der Waals surface area contributed by atoms with Crippen LogP contribution in [0.25, 0.3) is 6.08 Å². The molecule has 3 aliphatic rings. The number of carbonyl (C=O) groups excluding carboxylic acids is 1. The molecule has 29 heavy (non-hydrogen) atoms. The average molecular weight is 394 g/mol. The van der Waals surface area contributed by atoms with Crippen molar-refractivity contribution in [1.82, 2.24) is 20.2 Å². The van der Waals surface area contributed by atoms with E-state index < -0.39 is 0 Å². The molecule has 1 spiro atoms. The summed E-state index contributed by atoms with van der Waals surface area (Å²) in [5.74, 6) is 1.28. The molecule has 2 amide bonds. The molecule has 7 heteroatoms. The third-order valence-corrected chi connectivity index (χ3v) is 6.54. The van der Waals surface area contributed by atoms with E-state index in [1.807, 2.05) is 12.3 Å². The minimum Gasteiger partial charge on any atom is -0.487 e. The fraction of sp³-hybridized carbons (Fsp3) is 0.455. The maximum Gasteiger partial charge on any atom is 0.341 e. The molecule has 0 aliphatic carbocycles. The second-order valence-corrected chi connectivity index (χ2v) is 8.25. The van der Waals surface area contributed by atoms with Crippen LogP contribution in [0.1, 0.15) is 48.5 Å². The molecule has 2 atom stereocenters. The fourth-order valence-corrected chi connectivity index (χ4v) is 4.91. The van der Waals surface area contributed by atoms with Gasteiger partial charge in [0.2, 0.25) is 0 Å². The number of hydrogen-bond donors (Lipinski definition) is 1. The van der Waals surface area contributed by atoms with Crippen LogP contribution in [0.2, 0.25) is 0 Å². The van der Waals surface area contributed by atoms with Crippen molar-refractivity contribution in [3.63, 3.8) is 0 Å². The van der Waals surface area contributed by atoms with Gasteiger partial charge < -0.3 is 9.64 Å². The van der Waals surface area contributed by atoms with Crippen LogP contribution in [0.3, 0.4) is 0 Å². The zero-order valence-corrected chi connectivity index (χ0v) is 16.8. The van der Waals surface area contributed by atoms with E-state index in [1.54, 1.807) is 4.90 Å². The first kappa shape index (κ1) is 18.2. The fourth-order valence-electron chi connectivity index (χ4n) is 4.91. The highest BCUT2D eigenvalue weighted by Gasteiger charge is 2.43. The van der Waals surface area contributed by atoms with E-state index in [0.717, 1.165) is 30.7 Å². The number of rotatable bonds is 2. The predicted molar refractivity (Wildman–Crippen MR) is 109 cm³/mol. The zero-order valence-electron chi connectivity index (χ0n) is 16.8. The Bertz CT molecular complexity index is 959. The summed E-state index contributed by atoms with van der Waals surface area (Å²) in [5, 5.41) is 4.48. The van der Waals surface area contributed by atoms with Gasteiger partial charge in [0.15, 0.2) is 0 Å². The van der Waals surface area contributed by atoms with Gasteiger partial charge in [-0.1, -0.05) is 18.2 Å². The predicted octanol–water partition coefficient (Wildman–Crippen LogP) is 3.30. The third-order valence-electron chi connectivity index (χ3n) is 6.54. The van der Waals surface area contributed by atoms with Crippen LogP contribution in [0.5, 0.6) is 5.75 Å². The van der Waals surface area contributed by atoms with E-state index in [0.29, 0.717) is 19.0 Å². The Hall–Kier alpha value is -2.80. The van der Waals surface area contributed by atoms with E-state index >= 15 is 0 Å². The van der Waals surface area contributed by atoms with E-state index in [9.17, 15) is 4.79 Å². The molecule has 152 valence electrons. The van der Waals surface area contributed by atoms with Crippen molar-refractivity contribution in [2.24, 2.45) is 0 Å². The van der Waals surface area contributed by atoms with E-state index in [2.05, 4.69) is 52.5 Å². The number of allylic oxidation sites excluding steroid dienone is 1. The molecule has 5 rings (SSSR count). The standard InChI is InChI=1S/C22H26N4O3/c1-15-19(5-4-18-7-10-23-26(15)18)16-3-6-20-17(13-16)14-22(29-20)8-11-25(12-9-22)21(27)24-28-2/h3-7,10,13,15,19H,8-9,11-12,14H2,1-2H3,(H,24,27). The normalized spacial score (nSPS) is 24.1. The van der Waals surface area contributed by atoms with Crippen molar-refractivity contribution in [2.75, 3.05) is 20.2 Å². The lowest BCUT2D eigenvalue weighted by Crippen LogP contribution is -2.51. The molecule has 0 bridgehead atoms. The van der Waals surface area contributed by atoms with Crippen molar-refractivity contribution < 1.29 is 14.4 Å². The molecular weight excluding hydrogens is 368 g/mol. The number of nitrogens with one attached hydrogen (secondary N) is 1. The summed E-state index contributed by atoms with van der Waals surface area (Å²) >= 11 is 0. The van der Waals surface area contributed by atoms with Crippen molar-refractivity contribution >= 4 is 12.1 Å². The minimum atomic E-state index is -0.200. The van der Waals surface area contributed by atoms with Crippen LogP contribution in [-0.4, -0.2) is 46.5 Å². The highest BCUT2D eigenvalue weighted by Crippen LogP contribution is 2.43. The molecule has 2 unspecified atom stereocenters. The van der Waals surface area contributed by atoms with Gasteiger partial charge in [-0.05, 0) is 36.3 Å². The molecule has 1 aromatic carbocycles. The van der Waals surface area contributed by atoms with Gasteiger partial charge in [-0.3, -0.25) is 9.52 Å². The molecule has 3 aliphatic heterocycles. The Morgan fingerprint density at radius 1 is 1.31 bits per heavy atom. The summed E-state index contributed by atoms with van der Waals surface area (Å²) in [7, 11) is 1.45. The summed E-state index contributed by atoms with van der Waals surface area (Å²) in [6, 6.07) is 8.73. The first-order valence-electron chi connectivity index (χ1n) is 10.2. The molecule has 1 aromatic heterocycles. The molecule has 4 heterocycles. The van der Waals surface area contributed by atoms with E-state index in [4.69, 9.17) is 9.57 Å². The maximum absolute atomic E-state index is 12.0. The molecule has 7 nitrogen and oxygen atoms in total. The maximum atomic E-state index is 12.0. The second kappa shape index (κ2) is 6.91. The van der Waals surface area contributed by atoms with Crippen LogP contribution in [0.4, 0.5) is 4.79 Å². The zero-order chi connectivity index (χ0) is 20.0. The van der Waals surface area contributed by atoms with Crippen molar-refractivity contribution in [1.29, 1.82) is 0 Å². The summed E-state index contributed by atoms with van der Waals surface area (Å²) in [6.45, 7) is 3.55. The summed E-state index contributed by atoms with van der Waals surface area (Å²) < 4.78 is 8.51. The number of hydroxylamine groups is 1. The SMILES string of the molecule is CONC(=O)N1CCC2(CC1)Cc1cc(C3C=Cc4ccnn4C3C)ccc1O2. The Morgan fingerprint density at radius 3 is 2.93 bits per heavy atom. The molecule has 2 aromatic rings. The van der Waals surface area contributed by atoms with Gasteiger partial charge in [-0.2, -0.15) is 5.10 Å². The Morgan fingerprint density at radius 2 is 2.14 bits per heavy atom. The van der Waals surface area contributed by atoms with Crippen LogP contribution in [-0.2, 0) is 11.3 Å². The molecular formula is C22H26N4O3. The van der Waals surface area contributed by atoms with E-state index in [-0.39, 0.29) is 17.7 Å². The lowest BCUT2D eigenvalue weighted by molar-refractivity contribution is 0.0199. The quantitative estimate of drug-likeness (QED) is 0.794. The van der Waals surface area contributed by atoms with Gasteiger partial charge in [0.25, 0.3) is 0 Å². The van der Waals surface area contributed by atoms with Crippen LogP contribution in [0, 0.1) is 0 Å². The number of benzene rings is 1. The number of hydrogen-bond acceptors (Lipinski definition) is 4. The highest BCUT2D eigenvalue weighted by molar-refractivity contribution is 5.73. The summed E-state index contributed by atoms with van der Waals surface area (Å²) in [4.78, 5) is 18.5. The smallest absolute Gasteiger partial charge is 0.341 e. The minimum absolute atomic E-state index is 0.184. The number of likely N-dealkylation sites (tertiary alicyclic amines) is 1. The summed E-state index contributed by atoms with van der Waals surface area (Å²) in [6.07, 6.45) is 8.84. The number of fused-ring (bicyclic) bond motifs is 2. The molecule has 1 N–H and O–H groups in total. The second-order valence-electron chi connectivity index (χ2n) is 8.25. The Kier molecular flexibility index (Phi) is 4.35. The van der Waals surface area contributed by atoms with Crippen molar-refractivity contribution in [2.45, 2.75) is 43.7 Å². The first-order chi connectivity index (χ1) is 14.1. The van der Waals surface area contributed by atoms with Crippen molar-refractivity contribution in [3.8, 4) is 5.75 Å². The number of urea groups is 1. The van der Waals surface area contributed by atoms with Crippen LogP contribution >= 0.6 is 0 Å².